The van der Waals surface area contributed by atoms with Crippen molar-refractivity contribution in [3.05, 3.63) is 16.0 Å². The molecule has 0 spiro atoms. The van der Waals surface area contributed by atoms with E-state index in [9.17, 15) is 0 Å². The first-order valence-corrected chi connectivity index (χ1v) is 8.37. The summed E-state index contributed by atoms with van der Waals surface area (Å²) in [5.41, 5.74) is 1.15. The van der Waals surface area contributed by atoms with Crippen molar-refractivity contribution in [2.24, 2.45) is 0 Å². The largest absolute Gasteiger partial charge is 0.372 e. The molecule has 0 bridgehead atoms. The Morgan fingerprint density at radius 2 is 2.00 bits per heavy atom. The van der Waals surface area contributed by atoms with E-state index in [0.717, 1.165) is 28.2 Å². The highest BCUT2D eigenvalue weighted by atomic mass is 79.9. The Bertz CT molecular complexity index is 447. The van der Waals surface area contributed by atoms with Crippen molar-refractivity contribution in [3.8, 4) is 0 Å². The predicted octanol–water partition coefficient (Wildman–Crippen LogP) is 4.43. The predicted molar refractivity (Wildman–Crippen MR) is 85.1 cm³/mol. The number of nitrogens with one attached hydrogen (secondary N) is 1. The molecule has 1 unspecified atom stereocenters. The van der Waals surface area contributed by atoms with Gasteiger partial charge in [-0.1, -0.05) is 19.8 Å². The van der Waals surface area contributed by atoms with Gasteiger partial charge < -0.3 is 10.1 Å². The molecule has 0 aliphatic heterocycles. The van der Waals surface area contributed by atoms with E-state index in [0.29, 0.717) is 12.5 Å². The van der Waals surface area contributed by atoms with Crippen molar-refractivity contribution in [2.75, 3.05) is 19.0 Å². The molecule has 0 saturated heterocycles. The lowest BCUT2D eigenvalue weighted by Gasteiger charge is -2.19. The van der Waals surface area contributed by atoms with E-state index in [2.05, 4.69) is 33.2 Å². The third-order valence-corrected chi connectivity index (χ3v) is 4.68. The number of ether oxygens (including phenoxy) is 1. The molecule has 1 aromatic heterocycles. The number of aromatic nitrogens is 2. The van der Waals surface area contributed by atoms with Crippen LogP contribution in [0.15, 0.2) is 4.47 Å². The monoisotopic (exact) mass is 341 g/mol. The number of nitrogens with zero attached hydrogens (tertiary/aromatic N) is 2. The second-order valence-corrected chi connectivity index (χ2v) is 6.01. The molecule has 1 aromatic rings. The van der Waals surface area contributed by atoms with Crippen LogP contribution in [-0.2, 0) is 4.74 Å². The minimum Gasteiger partial charge on any atom is -0.372 e. The fraction of sp³-hybridized carbons (Fsp3) is 0.733. The van der Waals surface area contributed by atoms with E-state index in [1.165, 1.54) is 25.7 Å². The minimum absolute atomic E-state index is 0.0136. The first-order valence-electron chi connectivity index (χ1n) is 7.57. The van der Waals surface area contributed by atoms with Crippen LogP contribution in [0.3, 0.4) is 0 Å². The zero-order chi connectivity index (χ0) is 14.5. The Labute approximate surface area is 129 Å². The summed E-state index contributed by atoms with van der Waals surface area (Å²) < 4.78 is 6.78. The van der Waals surface area contributed by atoms with Crippen LogP contribution in [0, 0.1) is 0 Å². The van der Waals surface area contributed by atoms with Gasteiger partial charge in [0.15, 0.2) is 5.82 Å². The smallest absolute Gasteiger partial charge is 0.159 e. The third-order valence-electron chi connectivity index (χ3n) is 3.90. The molecule has 2 rings (SSSR count). The number of halogens is 1. The second-order valence-electron chi connectivity index (χ2n) is 5.21. The molecule has 112 valence electrons. The van der Waals surface area contributed by atoms with E-state index in [1.807, 2.05) is 14.0 Å². The van der Waals surface area contributed by atoms with Crippen molar-refractivity contribution in [1.29, 1.82) is 0 Å². The van der Waals surface area contributed by atoms with Crippen molar-refractivity contribution in [1.82, 2.24) is 9.97 Å². The Morgan fingerprint density at radius 1 is 1.30 bits per heavy atom. The van der Waals surface area contributed by atoms with Gasteiger partial charge >= 0.3 is 0 Å². The lowest BCUT2D eigenvalue weighted by molar-refractivity contribution is 0.0533. The molecule has 1 N–H and O–H groups in total. The standard InChI is InChI=1S/C15H24BrN3O/c1-4-11(20-5-2)14-18-13(10-8-6-7-9-10)12(16)15(17-3)19-14/h10-11H,4-9H2,1-3H3,(H,17,18,19). The van der Waals surface area contributed by atoms with Gasteiger partial charge in [-0.25, -0.2) is 9.97 Å². The van der Waals surface area contributed by atoms with Crippen molar-refractivity contribution < 1.29 is 4.74 Å². The van der Waals surface area contributed by atoms with E-state index in [4.69, 9.17) is 9.72 Å². The minimum atomic E-state index is -0.0136. The maximum Gasteiger partial charge on any atom is 0.159 e. The number of hydrogen-bond donors (Lipinski definition) is 1. The summed E-state index contributed by atoms with van der Waals surface area (Å²) in [6.45, 7) is 4.81. The highest BCUT2D eigenvalue weighted by Gasteiger charge is 2.25. The number of anilines is 1. The molecule has 20 heavy (non-hydrogen) atoms. The Hall–Kier alpha value is -0.680. The Morgan fingerprint density at radius 3 is 2.55 bits per heavy atom. The molecule has 1 fully saturated rings. The Kier molecular flexibility index (Phi) is 5.78. The van der Waals surface area contributed by atoms with Crippen molar-refractivity contribution >= 4 is 21.7 Å². The van der Waals surface area contributed by atoms with Gasteiger partial charge in [-0.05, 0) is 42.1 Å². The van der Waals surface area contributed by atoms with Gasteiger partial charge in [-0.15, -0.1) is 0 Å². The van der Waals surface area contributed by atoms with Crippen LogP contribution >= 0.6 is 15.9 Å². The molecule has 1 aliphatic carbocycles. The molecule has 0 aromatic carbocycles. The van der Waals surface area contributed by atoms with Gasteiger partial charge in [0.25, 0.3) is 0 Å². The summed E-state index contributed by atoms with van der Waals surface area (Å²) in [6, 6.07) is 0. The maximum absolute atomic E-state index is 5.77. The average molecular weight is 342 g/mol. The normalized spacial score (nSPS) is 17.4. The molecular weight excluding hydrogens is 318 g/mol. The lowest BCUT2D eigenvalue weighted by atomic mass is 10.0. The number of rotatable bonds is 6. The molecule has 0 amide bonds. The molecular formula is C15H24BrN3O. The summed E-state index contributed by atoms with van der Waals surface area (Å²) >= 11 is 3.67. The van der Waals surface area contributed by atoms with Gasteiger partial charge in [-0.3, -0.25) is 0 Å². The van der Waals surface area contributed by atoms with E-state index in [1.54, 1.807) is 0 Å². The van der Waals surface area contributed by atoms with Gasteiger partial charge in [0.2, 0.25) is 0 Å². The maximum atomic E-state index is 5.77. The summed E-state index contributed by atoms with van der Waals surface area (Å²) in [6.07, 6.45) is 5.93. The van der Waals surface area contributed by atoms with Crippen molar-refractivity contribution in [3.63, 3.8) is 0 Å². The van der Waals surface area contributed by atoms with Gasteiger partial charge in [0.1, 0.15) is 11.9 Å². The fourth-order valence-electron chi connectivity index (χ4n) is 2.84. The quantitative estimate of drug-likeness (QED) is 0.831. The second kappa shape index (κ2) is 7.36. The lowest BCUT2D eigenvalue weighted by Crippen LogP contribution is -2.13. The topological polar surface area (TPSA) is 47.0 Å². The average Bonchev–Trinajstić information content (AvgIpc) is 2.99. The molecule has 5 heteroatoms. The zero-order valence-electron chi connectivity index (χ0n) is 12.6. The first kappa shape index (κ1) is 15.7. The Balaban J connectivity index is 2.39. The summed E-state index contributed by atoms with van der Waals surface area (Å²) in [5.74, 6) is 2.23. The van der Waals surface area contributed by atoms with Gasteiger partial charge in [-0.2, -0.15) is 0 Å². The molecule has 0 radical (unpaired) electrons. The summed E-state index contributed by atoms with van der Waals surface area (Å²) in [4.78, 5) is 9.45. The third kappa shape index (κ3) is 3.31. The first-order chi connectivity index (χ1) is 9.71. The molecule has 1 saturated carbocycles. The zero-order valence-corrected chi connectivity index (χ0v) is 14.2. The van der Waals surface area contributed by atoms with Crippen LogP contribution in [0.4, 0.5) is 5.82 Å². The number of hydrogen-bond acceptors (Lipinski definition) is 4. The summed E-state index contributed by atoms with van der Waals surface area (Å²) in [5, 5.41) is 3.17. The fourth-order valence-corrected chi connectivity index (χ4v) is 3.54. The summed E-state index contributed by atoms with van der Waals surface area (Å²) in [7, 11) is 1.90. The molecule has 1 aliphatic rings. The highest BCUT2D eigenvalue weighted by Crippen LogP contribution is 2.39. The molecule has 1 heterocycles. The van der Waals surface area contributed by atoms with Crippen LogP contribution in [0.5, 0.6) is 0 Å². The van der Waals surface area contributed by atoms with Gasteiger partial charge in [0.05, 0.1) is 10.2 Å². The highest BCUT2D eigenvalue weighted by molar-refractivity contribution is 9.10. The van der Waals surface area contributed by atoms with E-state index >= 15 is 0 Å². The van der Waals surface area contributed by atoms with Crippen LogP contribution in [0.2, 0.25) is 0 Å². The molecule has 1 atom stereocenters. The molecule has 4 nitrogen and oxygen atoms in total. The SMILES string of the molecule is CCOC(CC)c1nc(NC)c(Br)c(C2CCCC2)n1. The van der Waals surface area contributed by atoms with Crippen LogP contribution in [0.25, 0.3) is 0 Å². The van der Waals surface area contributed by atoms with Crippen LogP contribution in [0.1, 0.15) is 69.5 Å². The van der Waals surface area contributed by atoms with E-state index < -0.39 is 0 Å². The van der Waals surface area contributed by atoms with Gasteiger partial charge in [0, 0.05) is 19.6 Å². The van der Waals surface area contributed by atoms with Crippen LogP contribution < -0.4 is 5.32 Å². The van der Waals surface area contributed by atoms with E-state index in [-0.39, 0.29) is 6.10 Å². The van der Waals surface area contributed by atoms with Crippen LogP contribution in [-0.4, -0.2) is 23.6 Å². The van der Waals surface area contributed by atoms with Crippen molar-refractivity contribution in [2.45, 2.75) is 58.0 Å².